The zero-order valence-corrected chi connectivity index (χ0v) is 11.1. The lowest BCUT2D eigenvalue weighted by Crippen LogP contribution is -2.36. The number of hydrogen-bond acceptors (Lipinski definition) is 2. The molecular formula is C15H19NO2. The molecule has 3 heteroatoms. The summed E-state index contributed by atoms with van der Waals surface area (Å²) in [4.78, 5) is 11.5. The summed E-state index contributed by atoms with van der Waals surface area (Å²) in [5, 5.41) is 2.58. The lowest BCUT2D eigenvalue weighted by molar-refractivity contribution is -0.126. The second-order valence-corrected chi connectivity index (χ2v) is 4.41. The fraction of sp³-hybridized carbons (Fsp3) is 0.400. The van der Waals surface area contributed by atoms with Crippen molar-refractivity contribution in [3.8, 4) is 18.1 Å². The largest absolute Gasteiger partial charge is 0.481 e. The van der Waals surface area contributed by atoms with Crippen LogP contribution in [0.3, 0.4) is 0 Å². The van der Waals surface area contributed by atoms with Crippen molar-refractivity contribution in [1.82, 2.24) is 5.32 Å². The maximum atomic E-state index is 11.5. The van der Waals surface area contributed by atoms with Crippen LogP contribution in [0.2, 0.25) is 0 Å². The van der Waals surface area contributed by atoms with Crippen LogP contribution < -0.4 is 10.1 Å². The summed E-state index contributed by atoms with van der Waals surface area (Å²) in [6, 6.07) is 7.76. The molecule has 3 nitrogen and oxygen atoms in total. The summed E-state index contributed by atoms with van der Waals surface area (Å²) in [5.74, 6) is 3.31. The Morgan fingerprint density at radius 3 is 2.44 bits per heavy atom. The van der Waals surface area contributed by atoms with E-state index in [9.17, 15) is 4.79 Å². The van der Waals surface area contributed by atoms with Crippen LogP contribution in [-0.2, 0) is 4.79 Å². The molecule has 0 aliphatic carbocycles. The second kappa shape index (κ2) is 6.70. The molecule has 1 rings (SSSR count). The quantitative estimate of drug-likeness (QED) is 0.808. The highest BCUT2D eigenvalue weighted by atomic mass is 16.5. The number of ether oxygens (including phenoxy) is 1. The molecule has 1 aromatic carbocycles. The van der Waals surface area contributed by atoms with Gasteiger partial charge in [-0.05, 0) is 30.5 Å². The molecule has 1 unspecified atom stereocenters. The van der Waals surface area contributed by atoms with Gasteiger partial charge in [0.2, 0.25) is 0 Å². The topological polar surface area (TPSA) is 38.3 Å². The Hall–Kier alpha value is -1.95. The van der Waals surface area contributed by atoms with E-state index in [1.54, 1.807) is 6.92 Å². The molecule has 0 aliphatic rings. The zero-order chi connectivity index (χ0) is 13.5. The summed E-state index contributed by atoms with van der Waals surface area (Å²) in [7, 11) is 0. The normalized spacial score (nSPS) is 11.7. The van der Waals surface area contributed by atoms with E-state index in [-0.39, 0.29) is 12.5 Å². The van der Waals surface area contributed by atoms with E-state index in [1.807, 2.05) is 24.3 Å². The third kappa shape index (κ3) is 4.14. The number of benzene rings is 1. The Morgan fingerprint density at radius 1 is 1.33 bits per heavy atom. The van der Waals surface area contributed by atoms with Gasteiger partial charge in [0.25, 0.3) is 5.91 Å². The van der Waals surface area contributed by atoms with Gasteiger partial charge in [0.15, 0.2) is 6.10 Å². The molecule has 1 amide bonds. The maximum Gasteiger partial charge on any atom is 0.261 e. The van der Waals surface area contributed by atoms with Crippen molar-refractivity contribution in [1.29, 1.82) is 0 Å². The first kappa shape index (κ1) is 14.1. The molecule has 1 atom stereocenters. The monoisotopic (exact) mass is 245 g/mol. The smallest absolute Gasteiger partial charge is 0.261 e. The first-order valence-corrected chi connectivity index (χ1v) is 6.02. The van der Waals surface area contributed by atoms with Gasteiger partial charge >= 0.3 is 0 Å². The van der Waals surface area contributed by atoms with Gasteiger partial charge in [-0.15, -0.1) is 6.42 Å². The highest BCUT2D eigenvalue weighted by Crippen LogP contribution is 2.19. The molecule has 1 N–H and O–H groups in total. The van der Waals surface area contributed by atoms with Crippen LogP contribution >= 0.6 is 0 Å². The average Bonchev–Trinajstić information content (AvgIpc) is 2.36. The highest BCUT2D eigenvalue weighted by Gasteiger charge is 2.13. The molecule has 0 heterocycles. The Morgan fingerprint density at radius 2 is 1.94 bits per heavy atom. The minimum Gasteiger partial charge on any atom is -0.481 e. The van der Waals surface area contributed by atoms with Crippen LogP contribution in [0.25, 0.3) is 0 Å². The number of rotatable bonds is 5. The number of carbonyl (C=O) groups is 1. The van der Waals surface area contributed by atoms with Crippen molar-refractivity contribution < 1.29 is 9.53 Å². The third-order valence-electron chi connectivity index (χ3n) is 2.59. The molecule has 0 saturated heterocycles. The van der Waals surface area contributed by atoms with Gasteiger partial charge in [-0.2, -0.15) is 0 Å². The molecule has 0 bridgehead atoms. The van der Waals surface area contributed by atoms with Crippen LogP contribution in [0.1, 0.15) is 32.3 Å². The summed E-state index contributed by atoms with van der Waals surface area (Å²) in [5.41, 5.74) is 1.24. The summed E-state index contributed by atoms with van der Waals surface area (Å²) >= 11 is 0. The van der Waals surface area contributed by atoms with Gasteiger partial charge in [-0.3, -0.25) is 4.79 Å². The van der Waals surface area contributed by atoms with Crippen molar-refractivity contribution in [3.05, 3.63) is 29.8 Å². The SMILES string of the molecule is C#CCNC(=O)C(C)Oc1ccc(C(C)C)cc1. The van der Waals surface area contributed by atoms with E-state index in [2.05, 4.69) is 25.1 Å². The van der Waals surface area contributed by atoms with Crippen molar-refractivity contribution in [2.75, 3.05) is 6.54 Å². The molecule has 0 saturated carbocycles. The molecule has 0 spiro atoms. The minimum absolute atomic E-state index is 0.208. The lowest BCUT2D eigenvalue weighted by atomic mass is 10.0. The van der Waals surface area contributed by atoms with Gasteiger partial charge in [0.1, 0.15) is 5.75 Å². The van der Waals surface area contributed by atoms with Gasteiger partial charge in [0.05, 0.1) is 6.54 Å². The number of hydrogen-bond donors (Lipinski definition) is 1. The molecule has 0 radical (unpaired) electrons. The fourth-order valence-electron chi connectivity index (χ4n) is 1.47. The number of amides is 1. The van der Waals surface area contributed by atoms with Gasteiger partial charge < -0.3 is 10.1 Å². The minimum atomic E-state index is -0.553. The van der Waals surface area contributed by atoms with E-state index in [0.29, 0.717) is 11.7 Å². The predicted molar refractivity (Wildman–Crippen MR) is 72.5 cm³/mol. The third-order valence-corrected chi connectivity index (χ3v) is 2.59. The first-order valence-electron chi connectivity index (χ1n) is 6.02. The summed E-state index contributed by atoms with van der Waals surface area (Å²) < 4.78 is 5.53. The van der Waals surface area contributed by atoms with Crippen molar-refractivity contribution in [2.45, 2.75) is 32.8 Å². The van der Waals surface area contributed by atoms with E-state index < -0.39 is 6.10 Å². The first-order chi connectivity index (χ1) is 8.54. The number of carbonyl (C=O) groups excluding carboxylic acids is 1. The Labute approximate surface area is 109 Å². The van der Waals surface area contributed by atoms with Gasteiger partial charge in [0, 0.05) is 0 Å². The molecule has 1 aromatic rings. The van der Waals surface area contributed by atoms with Crippen LogP contribution in [0.4, 0.5) is 0 Å². The lowest BCUT2D eigenvalue weighted by Gasteiger charge is -2.14. The zero-order valence-electron chi connectivity index (χ0n) is 11.1. The van der Waals surface area contributed by atoms with Crippen molar-refractivity contribution >= 4 is 5.91 Å². The van der Waals surface area contributed by atoms with Gasteiger partial charge in [-0.1, -0.05) is 31.9 Å². The second-order valence-electron chi connectivity index (χ2n) is 4.41. The van der Waals surface area contributed by atoms with E-state index in [1.165, 1.54) is 5.56 Å². The molecule has 0 aromatic heterocycles. The van der Waals surface area contributed by atoms with Crippen LogP contribution in [0.5, 0.6) is 5.75 Å². The van der Waals surface area contributed by atoms with E-state index in [0.717, 1.165) is 0 Å². The fourth-order valence-corrected chi connectivity index (χ4v) is 1.47. The summed E-state index contributed by atoms with van der Waals surface area (Å²) in [6.07, 6.45) is 4.52. The maximum absolute atomic E-state index is 11.5. The van der Waals surface area contributed by atoms with E-state index >= 15 is 0 Å². The van der Waals surface area contributed by atoms with Gasteiger partial charge in [-0.25, -0.2) is 0 Å². The van der Waals surface area contributed by atoms with Crippen LogP contribution in [0, 0.1) is 12.3 Å². The number of nitrogens with one attached hydrogen (secondary N) is 1. The molecule has 0 fully saturated rings. The Balaban J connectivity index is 2.57. The molecule has 96 valence electrons. The molecule has 0 aliphatic heterocycles. The molecular weight excluding hydrogens is 226 g/mol. The van der Waals surface area contributed by atoms with Crippen molar-refractivity contribution in [3.63, 3.8) is 0 Å². The molecule has 18 heavy (non-hydrogen) atoms. The standard InChI is InChI=1S/C15H19NO2/c1-5-10-16-15(17)12(4)18-14-8-6-13(7-9-14)11(2)3/h1,6-9,11-12H,10H2,2-4H3,(H,16,17). The predicted octanol–water partition coefficient (Wildman–Crippen LogP) is 2.33. The van der Waals surface area contributed by atoms with Crippen LogP contribution in [-0.4, -0.2) is 18.6 Å². The Bertz CT molecular complexity index is 429. The highest BCUT2D eigenvalue weighted by molar-refractivity contribution is 5.80. The van der Waals surface area contributed by atoms with Crippen molar-refractivity contribution in [2.24, 2.45) is 0 Å². The van der Waals surface area contributed by atoms with Crippen LogP contribution in [0.15, 0.2) is 24.3 Å². The average molecular weight is 245 g/mol. The summed E-state index contributed by atoms with van der Waals surface area (Å²) in [6.45, 7) is 6.18. The number of terminal acetylenes is 1. The van der Waals surface area contributed by atoms with E-state index in [4.69, 9.17) is 11.2 Å². The Kier molecular flexibility index (Phi) is 5.26.